The molecule has 0 saturated heterocycles. The lowest BCUT2D eigenvalue weighted by atomic mass is 9.97. The molecule has 2 rings (SSSR count). The molecule has 0 aromatic heterocycles. The van der Waals surface area contributed by atoms with E-state index in [1.165, 1.54) is 6.92 Å². The third-order valence-electron chi connectivity index (χ3n) is 2.07. The maximum Gasteiger partial charge on any atom is 0.340 e. The van der Waals surface area contributed by atoms with Crippen molar-refractivity contribution in [1.82, 2.24) is 0 Å². The highest BCUT2D eigenvalue weighted by Gasteiger charge is 2.33. The number of hydrogen-bond donors (Lipinski definition) is 1. The topological polar surface area (TPSA) is 46.5 Å². The first-order chi connectivity index (χ1) is 6.08. The minimum absolute atomic E-state index is 0.356. The van der Waals surface area contributed by atoms with Crippen LogP contribution in [0.5, 0.6) is 0 Å². The fourth-order valence-electron chi connectivity index (χ4n) is 1.52. The van der Waals surface area contributed by atoms with Crippen molar-refractivity contribution >= 4 is 5.97 Å². The van der Waals surface area contributed by atoms with Crippen LogP contribution in [0.2, 0.25) is 0 Å². The molecule has 3 nitrogen and oxygen atoms in total. The lowest BCUT2D eigenvalue weighted by molar-refractivity contribution is -0.154. The molecule has 0 bridgehead atoms. The molecule has 0 spiro atoms. The molecule has 0 fully saturated rings. The van der Waals surface area contributed by atoms with E-state index in [2.05, 4.69) is 0 Å². The van der Waals surface area contributed by atoms with Gasteiger partial charge in [-0.3, -0.25) is 0 Å². The van der Waals surface area contributed by atoms with E-state index in [4.69, 9.17) is 4.74 Å². The summed E-state index contributed by atoms with van der Waals surface area (Å²) in [7, 11) is 0. The van der Waals surface area contributed by atoms with Gasteiger partial charge >= 0.3 is 5.97 Å². The van der Waals surface area contributed by atoms with E-state index >= 15 is 0 Å². The molecular formula is C10H10O3. The van der Waals surface area contributed by atoms with Crippen LogP contribution in [-0.4, -0.2) is 16.9 Å². The molecule has 0 aliphatic carbocycles. The number of carbonyl (C=O) groups is 1. The lowest BCUT2D eigenvalue weighted by Gasteiger charge is -2.29. The Kier molecular flexibility index (Phi) is 1.63. The van der Waals surface area contributed by atoms with E-state index in [1.54, 1.807) is 12.1 Å². The predicted molar refractivity (Wildman–Crippen MR) is 46.2 cm³/mol. The number of cyclic esters (lactones) is 1. The minimum atomic E-state index is -1.36. The summed E-state index contributed by atoms with van der Waals surface area (Å²) >= 11 is 0. The van der Waals surface area contributed by atoms with Gasteiger partial charge in [-0.25, -0.2) is 4.79 Å². The maximum atomic E-state index is 11.3. The summed E-state index contributed by atoms with van der Waals surface area (Å²) in [5.41, 5.74) is 1.39. The van der Waals surface area contributed by atoms with Crippen LogP contribution in [0.1, 0.15) is 22.8 Å². The fraction of sp³-hybridized carbons (Fsp3) is 0.300. The molecule has 1 aliphatic rings. The van der Waals surface area contributed by atoms with Gasteiger partial charge in [0.25, 0.3) is 0 Å². The third-order valence-corrected chi connectivity index (χ3v) is 2.07. The number of rotatable bonds is 0. The quantitative estimate of drug-likeness (QED) is 0.605. The average molecular weight is 178 g/mol. The van der Waals surface area contributed by atoms with Crippen molar-refractivity contribution in [3.05, 3.63) is 35.4 Å². The number of benzene rings is 1. The van der Waals surface area contributed by atoms with Gasteiger partial charge in [-0.15, -0.1) is 0 Å². The zero-order valence-electron chi connectivity index (χ0n) is 7.28. The van der Waals surface area contributed by atoms with Gasteiger partial charge in [-0.2, -0.15) is 0 Å². The Labute approximate surface area is 76.0 Å². The molecule has 1 aromatic rings. The molecule has 1 N–H and O–H groups in total. The number of aliphatic hydroxyl groups is 1. The summed E-state index contributed by atoms with van der Waals surface area (Å²) in [6.07, 6.45) is 0.356. The number of ether oxygens (including phenoxy) is 1. The van der Waals surface area contributed by atoms with E-state index in [1.807, 2.05) is 12.1 Å². The van der Waals surface area contributed by atoms with Crippen LogP contribution in [0.3, 0.4) is 0 Å². The largest absolute Gasteiger partial charge is 0.430 e. The van der Waals surface area contributed by atoms with Crippen molar-refractivity contribution < 1.29 is 14.6 Å². The summed E-state index contributed by atoms with van der Waals surface area (Å²) in [5, 5.41) is 9.55. The van der Waals surface area contributed by atoms with Crippen LogP contribution in [0.4, 0.5) is 0 Å². The highest BCUT2D eigenvalue weighted by atomic mass is 16.7. The molecule has 3 heteroatoms. The summed E-state index contributed by atoms with van der Waals surface area (Å²) < 4.78 is 4.82. The minimum Gasteiger partial charge on any atom is -0.430 e. The van der Waals surface area contributed by atoms with Gasteiger partial charge in [0.1, 0.15) is 0 Å². The van der Waals surface area contributed by atoms with E-state index < -0.39 is 11.8 Å². The second-order valence-electron chi connectivity index (χ2n) is 3.40. The Balaban J connectivity index is 2.49. The molecule has 1 aromatic carbocycles. The number of hydrogen-bond acceptors (Lipinski definition) is 3. The number of esters is 1. The van der Waals surface area contributed by atoms with Crippen LogP contribution in [0.15, 0.2) is 24.3 Å². The van der Waals surface area contributed by atoms with Gasteiger partial charge in [-0.05, 0) is 11.6 Å². The van der Waals surface area contributed by atoms with E-state index in [0.29, 0.717) is 12.0 Å². The average Bonchev–Trinajstić information content (AvgIpc) is 2.02. The molecule has 1 aliphatic heterocycles. The van der Waals surface area contributed by atoms with Crippen LogP contribution < -0.4 is 0 Å². The van der Waals surface area contributed by atoms with Crippen molar-refractivity contribution in [3.8, 4) is 0 Å². The van der Waals surface area contributed by atoms with Crippen LogP contribution in [0.25, 0.3) is 0 Å². The molecule has 1 heterocycles. The lowest BCUT2D eigenvalue weighted by Crippen LogP contribution is -2.38. The van der Waals surface area contributed by atoms with Crippen molar-refractivity contribution in [2.75, 3.05) is 0 Å². The normalized spacial score (nSPS) is 26.5. The fourth-order valence-corrected chi connectivity index (χ4v) is 1.52. The van der Waals surface area contributed by atoms with Crippen LogP contribution >= 0.6 is 0 Å². The van der Waals surface area contributed by atoms with Crippen molar-refractivity contribution in [3.63, 3.8) is 0 Å². The van der Waals surface area contributed by atoms with Gasteiger partial charge in [0.2, 0.25) is 5.79 Å². The smallest absolute Gasteiger partial charge is 0.340 e. The van der Waals surface area contributed by atoms with Crippen LogP contribution in [-0.2, 0) is 11.2 Å². The summed E-state index contributed by atoms with van der Waals surface area (Å²) in [4.78, 5) is 11.3. The van der Waals surface area contributed by atoms with Crippen molar-refractivity contribution in [2.45, 2.75) is 19.1 Å². The molecule has 0 amide bonds. The molecule has 13 heavy (non-hydrogen) atoms. The monoisotopic (exact) mass is 178 g/mol. The Hall–Kier alpha value is -1.35. The van der Waals surface area contributed by atoms with Gasteiger partial charge in [-0.1, -0.05) is 18.2 Å². The van der Waals surface area contributed by atoms with E-state index in [0.717, 1.165) is 5.56 Å². The standard InChI is InChI=1S/C10H10O3/c1-10(12)6-7-4-2-3-5-8(7)9(11)13-10/h2-5,12H,6H2,1H3/t10-/m1/s1. The number of carbonyl (C=O) groups excluding carboxylic acids is 1. The summed E-state index contributed by atoms with van der Waals surface area (Å²) in [6.45, 7) is 1.49. The SMILES string of the molecule is C[C@]1(O)Cc2ccccc2C(=O)O1. The first kappa shape index (κ1) is 8.26. The Morgan fingerprint density at radius 3 is 2.92 bits per heavy atom. The van der Waals surface area contributed by atoms with Gasteiger partial charge in [0.05, 0.1) is 5.56 Å². The second-order valence-corrected chi connectivity index (χ2v) is 3.40. The van der Waals surface area contributed by atoms with E-state index in [9.17, 15) is 9.90 Å². The van der Waals surface area contributed by atoms with Gasteiger partial charge in [0, 0.05) is 13.3 Å². The molecule has 68 valence electrons. The Bertz CT molecular complexity index is 355. The summed E-state index contributed by atoms with van der Waals surface area (Å²) in [5.74, 6) is -1.81. The van der Waals surface area contributed by atoms with Crippen LogP contribution in [0, 0.1) is 0 Å². The second kappa shape index (κ2) is 2.57. The highest BCUT2D eigenvalue weighted by Crippen LogP contribution is 2.25. The zero-order valence-corrected chi connectivity index (χ0v) is 7.28. The highest BCUT2D eigenvalue weighted by molar-refractivity contribution is 5.92. The van der Waals surface area contributed by atoms with Gasteiger partial charge < -0.3 is 9.84 Å². The first-order valence-corrected chi connectivity index (χ1v) is 4.12. The predicted octanol–water partition coefficient (Wildman–Crippen LogP) is 1.11. The Morgan fingerprint density at radius 2 is 2.15 bits per heavy atom. The van der Waals surface area contributed by atoms with Crippen molar-refractivity contribution in [1.29, 1.82) is 0 Å². The molecule has 0 unspecified atom stereocenters. The molecule has 1 atom stereocenters. The first-order valence-electron chi connectivity index (χ1n) is 4.12. The van der Waals surface area contributed by atoms with Crippen molar-refractivity contribution in [2.24, 2.45) is 0 Å². The molecule has 0 saturated carbocycles. The third kappa shape index (κ3) is 1.42. The Morgan fingerprint density at radius 1 is 1.46 bits per heavy atom. The zero-order chi connectivity index (χ0) is 9.47. The number of fused-ring (bicyclic) bond motifs is 1. The molecule has 0 radical (unpaired) electrons. The van der Waals surface area contributed by atoms with E-state index in [-0.39, 0.29) is 0 Å². The maximum absolute atomic E-state index is 11.3. The molecular weight excluding hydrogens is 168 g/mol. The summed E-state index contributed by atoms with van der Waals surface area (Å²) in [6, 6.07) is 7.14. The van der Waals surface area contributed by atoms with Gasteiger partial charge in [0.15, 0.2) is 0 Å².